The molecule has 6 aliphatic rings. The normalized spacial score (nSPS) is 31.6. The third kappa shape index (κ3) is 5.46. The number of hydrogen-bond acceptors (Lipinski definition) is 10. The van der Waals surface area contributed by atoms with Crippen molar-refractivity contribution in [3.05, 3.63) is 65.9 Å². The maximum Gasteiger partial charge on any atom is 0.264 e. The topological polar surface area (TPSA) is 160 Å². The summed E-state index contributed by atoms with van der Waals surface area (Å²) in [6, 6.07) is 11.6. The number of nitrogens with zero attached hydrogens (tertiary/aromatic N) is 4. The Bertz CT molecular complexity index is 2190. The molecule has 3 amide bonds. The van der Waals surface area contributed by atoms with Crippen molar-refractivity contribution in [2.45, 2.75) is 106 Å². The molecule has 2 spiro atoms. The highest BCUT2D eigenvalue weighted by atomic mass is 32.2. The van der Waals surface area contributed by atoms with Crippen LogP contribution in [-0.2, 0) is 30.8 Å². The minimum atomic E-state index is -3.71. The number of rotatable bonds is 4. The average molecular weight is 741 g/mol. The van der Waals surface area contributed by atoms with Crippen molar-refractivity contribution in [2.75, 3.05) is 19.0 Å². The predicted molar refractivity (Wildman–Crippen MR) is 195 cm³/mol. The first-order valence-electron chi connectivity index (χ1n) is 18.7. The molecule has 2 aliphatic carbocycles. The number of allylic oxidation sites excluding steroid dienone is 1. The first-order valence-corrected chi connectivity index (χ1v) is 20.2. The maximum absolute atomic E-state index is 14.9. The zero-order valence-electron chi connectivity index (χ0n) is 30.0. The van der Waals surface area contributed by atoms with Crippen LogP contribution in [0.15, 0.2) is 54.6 Å². The highest BCUT2D eigenvalue weighted by Crippen LogP contribution is 2.64. The summed E-state index contributed by atoms with van der Waals surface area (Å²) < 4.78 is 39.2. The molecule has 3 aromatic rings. The van der Waals surface area contributed by atoms with Crippen LogP contribution in [-0.4, -0.2) is 87.1 Å². The molecule has 53 heavy (non-hydrogen) atoms. The highest BCUT2D eigenvalue weighted by Gasteiger charge is 2.83. The Morgan fingerprint density at radius 1 is 1.04 bits per heavy atom. The molecule has 2 saturated heterocycles. The molecule has 4 fully saturated rings. The van der Waals surface area contributed by atoms with Gasteiger partial charge in [-0.05, 0) is 70.4 Å². The molecular formula is C39H44N6O7S. The number of para-hydroxylation sites is 1. The van der Waals surface area contributed by atoms with Gasteiger partial charge in [0, 0.05) is 29.4 Å². The van der Waals surface area contributed by atoms with Gasteiger partial charge in [-0.2, -0.15) is 4.98 Å². The molecule has 1 aromatic carbocycles. The van der Waals surface area contributed by atoms with Gasteiger partial charge in [0.1, 0.15) is 34.8 Å². The van der Waals surface area contributed by atoms with Crippen LogP contribution in [0.5, 0.6) is 11.6 Å². The minimum Gasteiger partial charge on any atom is -0.483 e. The van der Waals surface area contributed by atoms with Gasteiger partial charge in [-0.25, -0.2) is 17.7 Å². The van der Waals surface area contributed by atoms with E-state index >= 15 is 0 Å². The first-order chi connectivity index (χ1) is 25.5. The van der Waals surface area contributed by atoms with E-state index in [1.54, 1.807) is 23.1 Å². The summed E-state index contributed by atoms with van der Waals surface area (Å²) >= 11 is 0. The van der Waals surface area contributed by atoms with Crippen LogP contribution in [0.4, 0.5) is 5.82 Å². The number of pyridine rings is 2. The number of methoxy groups -OCH3 is 1. The largest absolute Gasteiger partial charge is 0.483 e. The molecule has 0 unspecified atom stereocenters. The van der Waals surface area contributed by atoms with Crippen molar-refractivity contribution in [3.8, 4) is 11.6 Å². The van der Waals surface area contributed by atoms with Crippen molar-refractivity contribution in [3.63, 3.8) is 0 Å². The number of aryl methyl sites for hydroxylation is 2. The van der Waals surface area contributed by atoms with E-state index in [0.717, 1.165) is 52.1 Å². The SMILES string of the molecule is COc1cccc(N[C@H]2CCCCC/C=C\[C@@H]3C[C@@]3(C(=O)N3C4(CC4)S3(=O)=O)NC(=O)[C@@H]3C[C@]4(CCc5c(c(C)nc6ccccc56)O4)CN3C2=O)n1. The van der Waals surface area contributed by atoms with E-state index in [4.69, 9.17) is 14.5 Å². The Balaban J connectivity index is 1.08. The smallest absolute Gasteiger partial charge is 0.264 e. The fraction of sp³-hybridized carbons (Fsp3) is 0.513. The molecule has 13 nitrogen and oxygen atoms in total. The number of hydrogen-bond donors (Lipinski definition) is 2. The van der Waals surface area contributed by atoms with Crippen molar-refractivity contribution in [1.29, 1.82) is 0 Å². The number of carbonyl (C=O) groups is 3. The summed E-state index contributed by atoms with van der Waals surface area (Å²) in [7, 11) is -2.18. The molecule has 5 atom stereocenters. The standard InChI is InChI=1S/C39H44N6O7S/c1-24-33-27(26-12-8-9-13-28(26)40-24)17-18-37(52-33)22-30-34(46)43-39(36(48)45-38(19-20-38)53(45,49)50)21-25(39)11-6-4-3-5-7-14-29(35(47)44(30)23-37)41-31-15-10-16-32(42-31)51-2/h6,8-13,15-16,25,29-30H,3-5,7,14,17-23H2,1-2H3,(H,41,42)(H,43,46)/b11-6-/t25-,29+,30+,37-,39-,45?/m1/s1. The van der Waals surface area contributed by atoms with Gasteiger partial charge >= 0.3 is 0 Å². The molecule has 278 valence electrons. The first kappa shape index (κ1) is 34.1. The second kappa shape index (κ2) is 12.2. The van der Waals surface area contributed by atoms with E-state index in [1.807, 2.05) is 43.3 Å². The van der Waals surface area contributed by atoms with Gasteiger partial charge in [0.2, 0.25) is 17.7 Å². The summed E-state index contributed by atoms with van der Waals surface area (Å²) in [6.45, 7) is 2.08. The number of carbonyl (C=O) groups excluding carboxylic acids is 3. The summed E-state index contributed by atoms with van der Waals surface area (Å²) in [5, 5.41) is 7.42. The Hall–Kier alpha value is -4.72. The minimum absolute atomic E-state index is 0.160. The van der Waals surface area contributed by atoms with Crippen LogP contribution in [0.1, 0.15) is 75.5 Å². The van der Waals surface area contributed by atoms with Crippen LogP contribution >= 0.6 is 0 Å². The van der Waals surface area contributed by atoms with Gasteiger partial charge in [-0.15, -0.1) is 0 Å². The van der Waals surface area contributed by atoms with E-state index < -0.39 is 49.9 Å². The molecule has 2 N–H and O–H groups in total. The number of amides is 3. The molecular weight excluding hydrogens is 697 g/mol. The number of fused-ring (bicyclic) bond motifs is 5. The lowest BCUT2D eigenvalue weighted by molar-refractivity contribution is -0.141. The van der Waals surface area contributed by atoms with Crippen LogP contribution in [0.2, 0.25) is 0 Å². The lowest BCUT2D eigenvalue weighted by atomic mass is 9.87. The van der Waals surface area contributed by atoms with E-state index in [-0.39, 0.29) is 24.8 Å². The monoisotopic (exact) mass is 740 g/mol. The van der Waals surface area contributed by atoms with E-state index in [9.17, 15) is 22.8 Å². The number of anilines is 1. The number of nitrogens with one attached hydrogen (secondary N) is 2. The molecule has 4 aliphatic heterocycles. The van der Waals surface area contributed by atoms with Crippen molar-refractivity contribution < 1.29 is 32.3 Å². The summed E-state index contributed by atoms with van der Waals surface area (Å²) in [5.41, 5.74) is 0.423. The van der Waals surface area contributed by atoms with E-state index in [0.29, 0.717) is 56.0 Å². The van der Waals surface area contributed by atoms with Crippen LogP contribution in [0, 0.1) is 12.8 Å². The molecule has 6 heterocycles. The van der Waals surface area contributed by atoms with Crippen molar-refractivity contribution >= 4 is 44.5 Å². The fourth-order valence-electron chi connectivity index (χ4n) is 9.00. The Morgan fingerprint density at radius 2 is 1.87 bits per heavy atom. The maximum atomic E-state index is 14.9. The van der Waals surface area contributed by atoms with Crippen LogP contribution in [0.25, 0.3) is 10.9 Å². The Morgan fingerprint density at radius 3 is 2.66 bits per heavy atom. The van der Waals surface area contributed by atoms with E-state index in [2.05, 4.69) is 15.6 Å². The van der Waals surface area contributed by atoms with Crippen molar-refractivity contribution in [1.82, 2.24) is 24.5 Å². The van der Waals surface area contributed by atoms with Gasteiger partial charge < -0.3 is 25.0 Å². The quantitative estimate of drug-likeness (QED) is 0.294. The van der Waals surface area contributed by atoms with Gasteiger partial charge in [0.25, 0.3) is 15.9 Å². The lowest BCUT2D eigenvalue weighted by Crippen LogP contribution is -2.56. The zero-order valence-corrected chi connectivity index (χ0v) is 30.8. The molecule has 0 radical (unpaired) electrons. The van der Waals surface area contributed by atoms with Crippen LogP contribution < -0.4 is 20.1 Å². The third-order valence-electron chi connectivity index (χ3n) is 12.2. The van der Waals surface area contributed by atoms with E-state index in [1.165, 1.54) is 7.11 Å². The van der Waals surface area contributed by atoms with Crippen molar-refractivity contribution in [2.24, 2.45) is 5.92 Å². The third-order valence-corrected chi connectivity index (χ3v) is 14.6. The molecule has 2 saturated carbocycles. The Kier molecular flexibility index (Phi) is 7.81. The Labute approximate surface area is 308 Å². The summed E-state index contributed by atoms with van der Waals surface area (Å²) in [6.07, 6.45) is 10.4. The number of benzene rings is 1. The predicted octanol–water partition coefficient (Wildman–Crippen LogP) is 4.15. The molecule has 14 heteroatoms. The lowest BCUT2D eigenvalue weighted by Gasteiger charge is -2.36. The molecule has 2 aromatic heterocycles. The second-order valence-corrected chi connectivity index (χ2v) is 17.7. The van der Waals surface area contributed by atoms with Gasteiger partial charge in [-0.1, -0.05) is 49.3 Å². The van der Waals surface area contributed by atoms with Gasteiger partial charge in [0.05, 0.1) is 24.9 Å². The number of aromatic nitrogens is 2. The van der Waals surface area contributed by atoms with Gasteiger partial charge in [-0.3, -0.25) is 14.4 Å². The zero-order chi connectivity index (χ0) is 36.8. The average Bonchev–Trinajstić information content (AvgIpc) is 4.10. The molecule has 0 bridgehead atoms. The number of sulfonamides is 1. The second-order valence-electron chi connectivity index (χ2n) is 15.6. The van der Waals surface area contributed by atoms with Gasteiger partial charge in [0.15, 0.2) is 4.87 Å². The summed E-state index contributed by atoms with van der Waals surface area (Å²) in [5.74, 6) is -0.100. The fourth-order valence-corrected chi connectivity index (χ4v) is 11.1. The van der Waals surface area contributed by atoms with Crippen LogP contribution in [0.3, 0.4) is 0 Å². The summed E-state index contributed by atoms with van der Waals surface area (Å²) in [4.78, 5) is 53.6. The molecule has 9 rings (SSSR count). The highest BCUT2D eigenvalue weighted by molar-refractivity contribution is 7.98. The number of ether oxygens (including phenoxy) is 2.